The lowest BCUT2D eigenvalue weighted by Crippen LogP contribution is -2.11. The fourth-order valence-corrected chi connectivity index (χ4v) is 3.20. The Labute approximate surface area is 213 Å². The van der Waals surface area contributed by atoms with E-state index in [2.05, 4.69) is 86.4 Å². The van der Waals surface area contributed by atoms with Gasteiger partial charge in [0.1, 0.15) is 0 Å². The molecule has 0 aromatic heterocycles. The minimum atomic E-state index is 0.630. The van der Waals surface area contributed by atoms with Crippen molar-refractivity contribution >= 4 is 36.4 Å². The van der Waals surface area contributed by atoms with Crippen LogP contribution >= 0.6 is 24.2 Å². The SMILES string of the molecule is C=C(C)C.C=Cc1c(/C=C(\C)Cl)c(C)cc2c1C(C)CCC2.CCC.CCC(C)C.CS. The normalized spacial score (nSPS) is 14.1. The molecule has 1 aliphatic rings. The van der Waals surface area contributed by atoms with Crippen LogP contribution in [0.3, 0.4) is 0 Å². The van der Waals surface area contributed by atoms with E-state index in [9.17, 15) is 0 Å². The van der Waals surface area contributed by atoms with Gasteiger partial charge in [-0.3, -0.25) is 0 Å². The van der Waals surface area contributed by atoms with E-state index in [1.807, 2.05) is 26.8 Å². The van der Waals surface area contributed by atoms with Gasteiger partial charge in [-0.2, -0.15) is 12.6 Å². The summed E-state index contributed by atoms with van der Waals surface area (Å²) in [6.45, 7) is 28.8. The first-order valence-electron chi connectivity index (χ1n) is 12.2. The van der Waals surface area contributed by atoms with Gasteiger partial charge in [0.25, 0.3) is 0 Å². The first kappa shape index (κ1) is 35.7. The van der Waals surface area contributed by atoms with Crippen LogP contribution in [0.25, 0.3) is 12.2 Å². The van der Waals surface area contributed by atoms with E-state index in [1.54, 1.807) is 6.26 Å². The third-order valence-corrected chi connectivity index (χ3v) is 4.79. The molecule has 0 N–H and O–H groups in total. The highest BCUT2D eigenvalue weighted by atomic mass is 35.5. The summed E-state index contributed by atoms with van der Waals surface area (Å²) in [5.74, 6) is 1.51. The first-order chi connectivity index (χ1) is 15.0. The maximum atomic E-state index is 6.06. The van der Waals surface area contributed by atoms with Crippen LogP contribution in [0.1, 0.15) is 122 Å². The number of fused-ring (bicyclic) bond motifs is 1. The minimum absolute atomic E-state index is 0.630. The molecule has 0 amide bonds. The molecule has 1 unspecified atom stereocenters. The fourth-order valence-electron chi connectivity index (χ4n) is 3.09. The molecular weight excluding hydrogens is 428 g/mol. The summed E-state index contributed by atoms with van der Waals surface area (Å²) in [5.41, 5.74) is 8.00. The lowest BCUT2D eigenvalue weighted by Gasteiger charge is -2.27. The van der Waals surface area contributed by atoms with Crippen LogP contribution in [0.15, 0.2) is 29.8 Å². The molecule has 0 saturated heterocycles. The highest BCUT2D eigenvalue weighted by Gasteiger charge is 2.21. The van der Waals surface area contributed by atoms with Crippen molar-refractivity contribution in [2.24, 2.45) is 5.92 Å². The maximum absolute atomic E-state index is 6.06. The fraction of sp³-hybridized carbons (Fsp3) is 0.600. The van der Waals surface area contributed by atoms with Gasteiger partial charge in [-0.25, -0.2) is 0 Å². The second kappa shape index (κ2) is 21.9. The Morgan fingerprint density at radius 3 is 1.94 bits per heavy atom. The van der Waals surface area contributed by atoms with Crippen molar-refractivity contribution in [1.82, 2.24) is 0 Å². The molecule has 2 rings (SSSR count). The van der Waals surface area contributed by atoms with E-state index in [0.29, 0.717) is 5.92 Å². The molecule has 0 heterocycles. The predicted molar refractivity (Wildman–Crippen MR) is 159 cm³/mol. The zero-order valence-corrected chi connectivity index (χ0v) is 24.8. The Balaban J connectivity index is -0.000000497. The molecule has 0 bridgehead atoms. The van der Waals surface area contributed by atoms with Gasteiger partial charge in [-0.1, -0.05) is 90.3 Å². The van der Waals surface area contributed by atoms with Gasteiger partial charge in [0, 0.05) is 5.03 Å². The standard InChI is InChI=1S/C17H21Cl.C5H12.C4H8.C3H8.CH4S/c1-5-15-16(10-13(4)18)12(3)9-14-8-6-7-11(2)17(14)15;1-4-5(2)3;1-4(2)3;1-3-2;1-2/h5,9-11H,1,6-8H2,2-4H3;5H,4H2,1-3H3;1H2,2-3H3;3H2,1-2H3;2H,1H3/b13-10+;;;;. The van der Waals surface area contributed by atoms with E-state index in [1.165, 1.54) is 65.5 Å². The zero-order chi connectivity index (χ0) is 25.9. The van der Waals surface area contributed by atoms with E-state index in [0.717, 1.165) is 11.0 Å². The molecule has 186 valence electrons. The summed E-state index contributed by atoms with van der Waals surface area (Å²) in [6, 6.07) is 2.34. The van der Waals surface area contributed by atoms with Crippen molar-refractivity contribution in [3.8, 4) is 0 Å². The Kier molecular flexibility index (Phi) is 24.4. The van der Waals surface area contributed by atoms with Crippen LogP contribution in [-0.2, 0) is 6.42 Å². The van der Waals surface area contributed by atoms with Crippen LogP contribution in [0.5, 0.6) is 0 Å². The van der Waals surface area contributed by atoms with Crippen LogP contribution in [0.2, 0.25) is 0 Å². The van der Waals surface area contributed by atoms with Crippen LogP contribution in [0.4, 0.5) is 0 Å². The summed E-state index contributed by atoms with van der Waals surface area (Å²) in [5, 5.41) is 0.824. The van der Waals surface area contributed by atoms with Gasteiger partial charge in [0.15, 0.2) is 0 Å². The third kappa shape index (κ3) is 16.7. The van der Waals surface area contributed by atoms with Gasteiger partial charge in [-0.15, -0.1) is 6.58 Å². The maximum Gasteiger partial charge on any atom is 0.0156 e. The molecule has 0 spiro atoms. The number of halogens is 1. The average molecular weight is 481 g/mol. The number of hydrogen-bond donors (Lipinski definition) is 1. The zero-order valence-electron chi connectivity index (χ0n) is 23.2. The average Bonchev–Trinajstić information content (AvgIpc) is 2.71. The summed E-state index contributed by atoms with van der Waals surface area (Å²) in [6.07, 6.45) is 12.1. The smallest absolute Gasteiger partial charge is 0.0156 e. The highest BCUT2D eigenvalue weighted by Crippen LogP contribution is 2.38. The van der Waals surface area contributed by atoms with Gasteiger partial charge >= 0.3 is 0 Å². The Hall–Kier alpha value is -0.920. The van der Waals surface area contributed by atoms with E-state index in [4.69, 9.17) is 11.6 Å². The summed E-state index contributed by atoms with van der Waals surface area (Å²) >= 11 is 9.59. The second-order valence-corrected chi connectivity index (χ2v) is 9.63. The molecule has 0 saturated carbocycles. The van der Waals surface area contributed by atoms with Crippen LogP contribution < -0.4 is 0 Å². The van der Waals surface area contributed by atoms with Gasteiger partial charge in [-0.05, 0) is 98.9 Å². The lowest BCUT2D eigenvalue weighted by atomic mass is 9.78. The molecule has 0 nitrogen and oxygen atoms in total. The second-order valence-electron chi connectivity index (χ2n) is 9.04. The van der Waals surface area contributed by atoms with Crippen LogP contribution in [-0.4, -0.2) is 6.26 Å². The minimum Gasteiger partial charge on any atom is -0.183 e. The van der Waals surface area contributed by atoms with Crippen molar-refractivity contribution in [3.63, 3.8) is 0 Å². The molecule has 0 aliphatic heterocycles. The molecule has 0 radical (unpaired) electrons. The molecule has 32 heavy (non-hydrogen) atoms. The molecule has 2 heteroatoms. The molecule has 1 aromatic rings. The highest BCUT2D eigenvalue weighted by molar-refractivity contribution is 7.79. The Bertz CT molecular complexity index is 660. The van der Waals surface area contributed by atoms with Crippen molar-refractivity contribution in [2.45, 2.75) is 107 Å². The molecule has 1 aromatic carbocycles. The molecular formula is C30H53ClS. The van der Waals surface area contributed by atoms with Crippen LogP contribution in [0, 0.1) is 12.8 Å². The van der Waals surface area contributed by atoms with E-state index >= 15 is 0 Å². The van der Waals surface area contributed by atoms with E-state index in [-0.39, 0.29) is 0 Å². The molecule has 0 fully saturated rings. The predicted octanol–water partition coefficient (Wildman–Crippen LogP) is 11.3. The van der Waals surface area contributed by atoms with Crippen molar-refractivity contribution in [2.75, 3.05) is 6.26 Å². The quantitative estimate of drug-likeness (QED) is 0.322. The Morgan fingerprint density at radius 2 is 1.59 bits per heavy atom. The monoisotopic (exact) mass is 480 g/mol. The summed E-state index contributed by atoms with van der Waals surface area (Å²) in [4.78, 5) is 0. The first-order valence-corrected chi connectivity index (χ1v) is 13.4. The summed E-state index contributed by atoms with van der Waals surface area (Å²) < 4.78 is 0. The van der Waals surface area contributed by atoms with Gasteiger partial charge < -0.3 is 0 Å². The van der Waals surface area contributed by atoms with E-state index < -0.39 is 0 Å². The van der Waals surface area contributed by atoms with Crippen molar-refractivity contribution in [3.05, 3.63) is 57.6 Å². The molecule has 1 atom stereocenters. The van der Waals surface area contributed by atoms with Gasteiger partial charge in [0.05, 0.1) is 0 Å². The number of aryl methyl sites for hydroxylation is 2. The number of thiol groups is 1. The third-order valence-electron chi connectivity index (χ3n) is 4.68. The number of rotatable bonds is 3. The lowest BCUT2D eigenvalue weighted by molar-refractivity contribution is 0.589. The van der Waals surface area contributed by atoms with Crippen molar-refractivity contribution in [1.29, 1.82) is 0 Å². The number of benzene rings is 1. The van der Waals surface area contributed by atoms with Gasteiger partial charge in [0.2, 0.25) is 0 Å². The topological polar surface area (TPSA) is 0 Å². The summed E-state index contributed by atoms with van der Waals surface area (Å²) in [7, 11) is 0. The molecule has 1 aliphatic carbocycles. The Morgan fingerprint density at radius 1 is 1.16 bits per heavy atom. The van der Waals surface area contributed by atoms with Crippen molar-refractivity contribution < 1.29 is 0 Å². The number of allylic oxidation sites excluding steroid dienone is 2. The number of hydrogen-bond acceptors (Lipinski definition) is 1. The largest absolute Gasteiger partial charge is 0.183 e.